The lowest BCUT2D eigenvalue weighted by atomic mass is 10.1. The molecular formula is C11H13F3N2. The molecule has 2 nitrogen and oxygen atoms in total. The van der Waals surface area contributed by atoms with Crippen molar-refractivity contribution in [2.75, 3.05) is 30.9 Å². The first-order valence-electron chi connectivity index (χ1n) is 8.31. The molecule has 0 radical (unpaired) electrons. The molecule has 0 spiro atoms. The fourth-order valence-corrected chi connectivity index (χ4v) is 1.18. The van der Waals surface area contributed by atoms with Gasteiger partial charge in [0.1, 0.15) is 0 Å². The summed E-state index contributed by atoms with van der Waals surface area (Å²) in [6.45, 7) is -12.5. The van der Waals surface area contributed by atoms with Crippen molar-refractivity contribution in [1.29, 1.82) is 0 Å². The van der Waals surface area contributed by atoms with Gasteiger partial charge in [-0.05, 0) is 18.2 Å². The Kier molecular flexibility index (Phi) is 1.34. The van der Waals surface area contributed by atoms with Crippen LogP contribution in [-0.4, -0.2) is 26.0 Å². The summed E-state index contributed by atoms with van der Waals surface area (Å²) in [5, 5.41) is 1.61. The van der Waals surface area contributed by atoms with Crippen LogP contribution in [0.5, 0.6) is 0 Å². The number of anilines is 1. The van der Waals surface area contributed by atoms with E-state index in [-0.39, 0.29) is 4.90 Å². The molecular weight excluding hydrogens is 217 g/mol. The number of nitrogens with one attached hydrogen (secondary N) is 1. The number of nitrogens with zero attached hydrogens (tertiary/aromatic N) is 1. The van der Waals surface area contributed by atoms with Crippen LogP contribution in [0.3, 0.4) is 0 Å². The molecule has 0 atom stereocenters. The summed E-state index contributed by atoms with van der Waals surface area (Å²) in [7, 11) is 0. The zero-order valence-electron chi connectivity index (χ0n) is 15.9. The van der Waals surface area contributed by atoms with Crippen molar-refractivity contribution in [2.24, 2.45) is 0 Å². The third-order valence-corrected chi connectivity index (χ3v) is 1.89. The van der Waals surface area contributed by atoms with Crippen molar-refractivity contribution in [3.8, 4) is 0 Å². The largest absolute Gasteiger partial charge is 0.416 e. The molecule has 0 aliphatic carbocycles. The maximum absolute atomic E-state index is 12.9. The van der Waals surface area contributed by atoms with Crippen molar-refractivity contribution < 1.29 is 24.1 Å². The van der Waals surface area contributed by atoms with E-state index in [1.165, 1.54) is 0 Å². The SMILES string of the molecule is [2H]C1([2H])NC([2H])([2H])C([2H])([2H])N(c2cccc(C(F)(F)F)c2)C1([2H])[2H]. The van der Waals surface area contributed by atoms with Crippen LogP contribution in [0.4, 0.5) is 18.9 Å². The summed E-state index contributed by atoms with van der Waals surface area (Å²) in [6, 6.07) is 3.02. The van der Waals surface area contributed by atoms with Crippen LogP contribution in [0.25, 0.3) is 0 Å². The maximum atomic E-state index is 12.9. The summed E-state index contributed by atoms with van der Waals surface area (Å²) >= 11 is 0. The predicted octanol–water partition coefficient (Wildman–Crippen LogP) is 2.12. The van der Waals surface area contributed by atoms with Crippen LogP contribution in [0, 0.1) is 0 Å². The van der Waals surface area contributed by atoms with Gasteiger partial charge in [-0.25, -0.2) is 0 Å². The van der Waals surface area contributed by atoms with E-state index >= 15 is 0 Å². The highest BCUT2D eigenvalue weighted by Crippen LogP contribution is 2.31. The van der Waals surface area contributed by atoms with Crippen molar-refractivity contribution >= 4 is 5.69 Å². The summed E-state index contributed by atoms with van der Waals surface area (Å²) in [5.41, 5.74) is -1.82. The summed E-state index contributed by atoms with van der Waals surface area (Å²) in [5.74, 6) is 0. The third-order valence-electron chi connectivity index (χ3n) is 1.89. The molecule has 0 amide bonds. The molecule has 0 saturated carbocycles. The molecule has 88 valence electrons. The Labute approximate surface area is 103 Å². The van der Waals surface area contributed by atoms with E-state index in [0.29, 0.717) is 12.1 Å². The molecule has 0 bridgehead atoms. The number of benzene rings is 1. The highest BCUT2D eigenvalue weighted by Gasteiger charge is 2.30. The van der Waals surface area contributed by atoms with Crippen LogP contribution in [-0.2, 0) is 6.18 Å². The van der Waals surface area contributed by atoms with E-state index in [9.17, 15) is 13.2 Å². The second-order valence-electron chi connectivity index (χ2n) is 2.98. The lowest BCUT2D eigenvalue weighted by molar-refractivity contribution is -0.137. The van der Waals surface area contributed by atoms with Gasteiger partial charge >= 0.3 is 6.18 Å². The highest BCUT2D eigenvalue weighted by atomic mass is 19.4. The van der Waals surface area contributed by atoms with Crippen LogP contribution >= 0.6 is 0 Å². The quantitative estimate of drug-likeness (QED) is 0.806. The molecule has 1 aliphatic rings. The minimum atomic E-state index is -4.78. The molecule has 1 saturated heterocycles. The summed E-state index contributed by atoms with van der Waals surface area (Å²) in [4.78, 5) is 0.0613. The Balaban J connectivity index is 2.68. The molecule has 16 heavy (non-hydrogen) atoms. The van der Waals surface area contributed by atoms with Crippen molar-refractivity contribution in [3.05, 3.63) is 29.8 Å². The second kappa shape index (κ2) is 4.33. The summed E-state index contributed by atoms with van der Waals surface area (Å²) in [6.07, 6.45) is -4.78. The molecule has 1 aromatic rings. The smallest absolute Gasteiger partial charge is 0.369 e. The van der Waals surface area contributed by atoms with E-state index in [2.05, 4.69) is 0 Å². The van der Waals surface area contributed by atoms with Crippen LogP contribution in [0.1, 0.15) is 16.5 Å². The summed E-state index contributed by atoms with van der Waals surface area (Å²) < 4.78 is 100. The third kappa shape index (κ3) is 2.47. The average Bonchev–Trinajstić information content (AvgIpc) is 2.34. The van der Waals surface area contributed by atoms with Gasteiger partial charge in [-0.15, -0.1) is 0 Å². The standard InChI is InChI=1S/C11H13F3N2/c12-11(13,14)9-2-1-3-10(8-9)16-6-4-15-5-7-16/h1-3,8,15H,4-7H2/i4D2,5D2,6D2,7D2. The maximum Gasteiger partial charge on any atom is 0.416 e. The minimum absolute atomic E-state index is 0.0613. The Bertz CT molecular complexity index is 620. The number of hydrogen-bond acceptors (Lipinski definition) is 2. The zero-order valence-corrected chi connectivity index (χ0v) is 7.89. The zero-order chi connectivity index (χ0) is 18.8. The molecule has 1 aliphatic heterocycles. The minimum Gasteiger partial charge on any atom is -0.369 e. The number of piperazine rings is 1. The lowest BCUT2D eigenvalue weighted by Crippen LogP contribution is -2.43. The Morgan fingerprint density at radius 3 is 2.56 bits per heavy atom. The van der Waals surface area contributed by atoms with Crippen molar-refractivity contribution in [1.82, 2.24) is 5.32 Å². The van der Waals surface area contributed by atoms with E-state index < -0.39 is 43.4 Å². The van der Waals surface area contributed by atoms with Crippen LogP contribution in [0.2, 0.25) is 0 Å². The van der Waals surface area contributed by atoms with Gasteiger partial charge in [-0.2, -0.15) is 13.2 Å². The lowest BCUT2D eigenvalue weighted by Gasteiger charge is -2.29. The first kappa shape index (κ1) is 4.96. The number of alkyl halides is 3. The number of rotatable bonds is 1. The molecule has 0 aromatic heterocycles. The first-order chi connectivity index (χ1) is 10.5. The van der Waals surface area contributed by atoms with E-state index in [1.54, 1.807) is 5.32 Å². The molecule has 0 unspecified atom stereocenters. The van der Waals surface area contributed by atoms with E-state index in [4.69, 9.17) is 11.0 Å². The monoisotopic (exact) mass is 238 g/mol. The Hall–Kier alpha value is -1.23. The fraction of sp³-hybridized carbons (Fsp3) is 0.455. The molecule has 2 rings (SSSR count). The van der Waals surface area contributed by atoms with Crippen molar-refractivity contribution in [2.45, 2.75) is 6.18 Å². The van der Waals surface area contributed by atoms with E-state index in [1.807, 2.05) is 0 Å². The van der Waals surface area contributed by atoms with Gasteiger partial charge in [-0.1, -0.05) is 6.07 Å². The molecule has 5 heteroatoms. The second-order valence-corrected chi connectivity index (χ2v) is 2.98. The fourth-order valence-electron chi connectivity index (χ4n) is 1.18. The Morgan fingerprint density at radius 1 is 1.25 bits per heavy atom. The molecule has 1 N–H and O–H groups in total. The molecule has 1 fully saturated rings. The number of halogens is 3. The number of hydrogen-bond donors (Lipinski definition) is 1. The highest BCUT2D eigenvalue weighted by molar-refractivity contribution is 5.49. The Morgan fingerprint density at radius 2 is 1.94 bits per heavy atom. The van der Waals surface area contributed by atoms with Gasteiger partial charge in [0.25, 0.3) is 0 Å². The van der Waals surface area contributed by atoms with Gasteiger partial charge in [0.2, 0.25) is 0 Å². The van der Waals surface area contributed by atoms with Gasteiger partial charge in [0.15, 0.2) is 0 Å². The van der Waals surface area contributed by atoms with Gasteiger partial charge in [-0.3, -0.25) is 0 Å². The topological polar surface area (TPSA) is 15.3 Å². The van der Waals surface area contributed by atoms with Gasteiger partial charge in [0, 0.05) is 37.2 Å². The van der Waals surface area contributed by atoms with E-state index in [0.717, 1.165) is 12.1 Å². The predicted molar refractivity (Wildman–Crippen MR) is 56.5 cm³/mol. The average molecular weight is 238 g/mol. The first-order valence-corrected chi connectivity index (χ1v) is 4.31. The van der Waals surface area contributed by atoms with Crippen LogP contribution < -0.4 is 10.2 Å². The van der Waals surface area contributed by atoms with Gasteiger partial charge in [0.05, 0.1) is 11.0 Å². The van der Waals surface area contributed by atoms with Crippen LogP contribution in [0.15, 0.2) is 24.3 Å². The molecule has 1 aromatic carbocycles. The molecule has 1 heterocycles. The van der Waals surface area contributed by atoms with Crippen molar-refractivity contribution in [3.63, 3.8) is 0 Å². The van der Waals surface area contributed by atoms with Gasteiger partial charge < -0.3 is 10.2 Å². The normalized spacial score (nSPS) is 37.6.